The molecule has 2 N–H and O–H groups in total. The van der Waals surface area contributed by atoms with Gasteiger partial charge >= 0.3 is 11.9 Å². The quantitative estimate of drug-likeness (QED) is 0.163. The fourth-order valence-corrected chi connectivity index (χ4v) is 6.87. The summed E-state index contributed by atoms with van der Waals surface area (Å²) < 4.78 is 18.1. The molecule has 254 valence electrons. The zero-order chi connectivity index (χ0) is 35.7. The molecular weight excluding hydrogens is 709 g/mol. The van der Waals surface area contributed by atoms with Gasteiger partial charge in [0.25, 0.3) is 0 Å². The Balaban J connectivity index is 0.000000191. The zero-order valence-electron chi connectivity index (χ0n) is 27.1. The van der Waals surface area contributed by atoms with Crippen molar-refractivity contribution in [1.29, 1.82) is 0 Å². The van der Waals surface area contributed by atoms with Crippen molar-refractivity contribution >= 4 is 80.1 Å². The molecule has 4 aromatic carbocycles. The number of carboxylic acid groups (broad SMARTS) is 2. The number of nitrogens with zero attached hydrogens (tertiary/aromatic N) is 2. The predicted molar refractivity (Wildman–Crippen MR) is 197 cm³/mol. The standard InChI is InChI=1S/C19H16Cl2FNO2.C19H17Cl2NO2/c1-10(19(24)25)18-11(2)23(9-12-4-3-5-13(20)6-12)17-8-15(21)16(22)7-14(17)18;1-11-7-16-15(8-19(23)24)12(2)22(18(16)9-17(11)21)10-13-3-5-14(20)6-4-13/h3-8,10H,9H2,1-2H3,(H,24,25);3-7,9H,8,10H2,1-2H3,(H,23,24). The molecule has 6 rings (SSSR count). The molecule has 0 bridgehead atoms. The van der Waals surface area contributed by atoms with Crippen molar-refractivity contribution < 1.29 is 24.2 Å². The van der Waals surface area contributed by atoms with E-state index >= 15 is 0 Å². The summed E-state index contributed by atoms with van der Waals surface area (Å²) in [7, 11) is 0. The molecule has 0 radical (unpaired) electrons. The SMILES string of the molecule is Cc1c(C(C)C(=O)O)c2cc(F)c(Cl)cc2n1Cc1cccc(Cl)c1.Cc1cc2c(CC(=O)O)c(C)n(Cc3ccc(Cl)cc3)c2cc1Cl. The first kappa shape index (κ1) is 36.3. The second kappa shape index (κ2) is 14.9. The second-order valence-electron chi connectivity index (χ2n) is 12.0. The number of carboxylic acids is 2. The molecule has 0 amide bonds. The minimum atomic E-state index is -0.958. The number of aryl methyl sites for hydroxylation is 1. The van der Waals surface area contributed by atoms with E-state index < -0.39 is 23.7 Å². The Morgan fingerprint density at radius 2 is 1.35 bits per heavy atom. The third-order valence-corrected chi connectivity index (χ3v) is 9.95. The van der Waals surface area contributed by atoms with E-state index in [4.69, 9.17) is 46.4 Å². The number of rotatable bonds is 8. The van der Waals surface area contributed by atoms with Gasteiger partial charge in [-0.05, 0) is 104 Å². The summed E-state index contributed by atoms with van der Waals surface area (Å²) in [5.41, 5.74) is 7.81. The topological polar surface area (TPSA) is 84.5 Å². The molecule has 6 nitrogen and oxygen atoms in total. The van der Waals surface area contributed by atoms with E-state index in [1.54, 1.807) is 19.1 Å². The summed E-state index contributed by atoms with van der Waals surface area (Å²) in [5.74, 6) is -3.12. The van der Waals surface area contributed by atoms with E-state index in [-0.39, 0.29) is 11.4 Å². The van der Waals surface area contributed by atoms with Gasteiger partial charge in [-0.3, -0.25) is 9.59 Å². The number of aliphatic carboxylic acids is 2. The lowest BCUT2D eigenvalue weighted by Gasteiger charge is -2.11. The number of aromatic nitrogens is 2. The van der Waals surface area contributed by atoms with Crippen molar-refractivity contribution in [1.82, 2.24) is 9.13 Å². The van der Waals surface area contributed by atoms with Crippen LogP contribution in [-0.4, -0.2) is 31.3 Å². The monoisotopic (exact) mass is 740 g/mol. The van der Waals surface area contributed by atoms with E-state index in [0.717, 1.165) is 44.5 Å². The van der Waals surface area contributed by atoms with Crippen LogP contribution in [0.25, 0.3) is 21.8 Å². The van der Waals surface area contributed by atoms with E-state index in [2.05, 4.69) is 4.57 Å². The lowest BCUT2D eigenvalue weighted by molar-refractivity contribution is -0.138. The second-order valence-corrected chi connectivity index (χ2v) is 13.7. The fourth-order valence-electron chi connectivity index (χ4n) is 6.21. The van der Waals surface area contributed by atoms with Gasteiger partial charge in [0.15, 0.2) is 0 Å². The van der Waals surface area contributed by atoms with E-state index in [1.807, 2.05) is 79.9 Å². The average molecular weight is 743 g/mol. The minimum absolute atomic E-state index is 0.00295. The Hall–Kier alpha value is -4.01. The molecule has 49 heavy (non-hydrogen) atoms. The van der Waals surface area contributed by atoms with Gasteiger partial charge in [0.1, 0.15) is 5.82 Å². The summed E-state index contributed by atoms with van der Waals surface area (Å²) in [6.07, 6.45) is -0.00295. The van der Waals surface area contributed by atoms with Crippen LogP contribution in [0.3, 0.4) is 0 Å². The van der Waals surface area contributed by atoms with Crippen LogP contribution in [0.1, 0.15) is 52.0 Å². The highest BCUT2D eigenvalue weighted by Crippen LogP contribution is 2.36. The van der Waals surface area contributed by atoms with Crippen molar-refractivity contribution in [3.8, 4) is 0 Å². The van der Waals surface area contributed by atoms with E-state index in [9.17, 15) is 24.2 Å². The maximum atomic E-state index is 14.0. The largest absolute Gasteiger partial charge is 0.481 e. The van der Waals surface area contributed by atoms with Crippen molar-refractivity contribution in [3.63, 3.8) is 0 Å². The molecule has 2 aromatic heterocycles. The van der Waals surface area contributed by atoms with Crippen LogP contribution in [0.4, 0.5) is 4.39 Å². The van der Waals surface area contributed by atoms with Crippen molar-refractivity contribution in [2.75, 3.05) is 0 Å². The highest BCUT2D eigenvalue weighted by molar-refractivity contribution is 6.32. The summed E-state index contributed by atoms with van der Waals surface area (Å²) in [6.45, 7) is 8.44. The van der Waals surface area contributed by atoms with Crippen LogP contribution in [0, 0.1) is 26.6 Å². The maximum absolute atomic E-state index is 14.0. The third kappa shape index (κ3) is 7.76. The Morgan fingerprint density at radius 1 is 0.735 bits per heavy atom. The molecule has 1 atom stereocenters. The van der Waals surface area contributed by atoms with Crippen molar-refractivity contribution in [2.24, 2.45) is 0 Å². The highest BCUT2D eigenvalue weighted by atomic mass is 35.5. The van der Waals surface area contributed by atoms with Gasteiger partial charge in [0.2, 0.25) is 0 Å². The number of carbonyl (C=O) groups is 2. The highest BCUT2D eigenvalue weighted by Gasteiger charge is 2.25. The van der Waals surface area contributed by atoms with Gasteiger partial charge in [-0.15, -0.1) is 0 Å². The smallest absolute Gasteiger partial charge is 0.310 e. The first-order valence-corrected chi connectivity index (χ1v) is 16.9. The first-order chi connectivity index (χ1) is 23.2. The van der Waals surface area contributed by atoms with E-state index in [1.165, 1.54) is 6.07 Å². The van der Waals surface area contributed by atoms with Crippen molar-refractivity contribution in [2.45, 2.75) is 53.1 Å². The van der Waals surface area contributed by atoms with Gasteiger partial charge in [-0.1, -0.05) is 70.7 Å². The lowest BCUT2D eigenvalue weighted by atomic mass is 9.98. The summed E-state index contributed by atoms with van der Waals surface area (Å²) in [6, 6.07) is 21.8. The normalized spacial score (nSPS) is 11.9. The van der Waals surface area contributed by atoms with Crippen LogP contribution in [0.15, 0.2) is 72.8 Å². The van der Waals surface area contributed by atoms with Crippen LogP contribution >= 0.6 is 46.4 Å². The molecule has 0 aliphatic heterocycles. The Labute approximate surface area is 303 Å². The average Bonchev–Trinajstić information content (AvgIpc) is 3.43. The van der Waals surface area contributed by atoms with Gasteiger partial charge in [0.05, 0.1) is 28.4 Å². The predicted octanol–water partition coefficient (Wildman–Crippen LogP) is 10.9. The van der Waals surface area contributed by atoms with Crippen LogP contribution in [0.5, 0.6) is 0 Å². The Morgan fingerprint density at radius 3 is 1.98 bits per heavy atom. The maximum Gasteiger partial charge on any atom is 0.310 e. The molecule has 1 unspecified atom stereocenters. The number of hydrogen-bond acceptors (Lipinski definition) is 2. The minimum Gasteiger partial charge on any atom is -0.481 e. The van der Waals surface area contributed by atoms with Gasteiger partial charge < -0.3 is 19.3 Å². The van der Waals surface area contributed by atoms with Crippen LogP contribution in [0.2, 0.25) is 20.1 Å². The molecule has 0 saturated heterocycles. The third-order valence-electron chi connectivity index (χ3n) is 8.76. The van der Waals surface area contributed by atoms with E-state index in [0.29, 0.717) is 44.6 Å². The van der Waals surface area contributed by atoms with Gasteiger partial charge in [-0.2, -0.15) is 0 Å². The summed E-state index contributed by atoms with van der Waals surface area (Å²) in [4.78, 5) is 22.8. The number of benzene rings is 4. The zero-order valence-corrected chi connectivity index (χ0v) is 30.1. The molecule has 0 fully saturated rings. The summed E-state index contributed by atoms with van der Waals surface area (Å²) >= 11 is 24.3. The van der Waals surface area contributed by atoms with Crippen molar-refractivity contribution in [3.05, 3.63) is 138 Å². The van der Waals surface area contributed by atoms with Crippen LogP contribution < -0.4 is 0 Å². The Bertz CT molecular complexity index is 2220. The number of fused-ring (bicyclic) bond motifs is 2. The lowest BCUT2D eigenvalue weighted by Crippen LogP contribution is -2.09. The number of halogens is 5. The molecule has 2 heterocycles. The Kier molecular flexibility index (Phi) is 11.0. The molecule has 0 saturated carbocycles. The molecule has 11 heteroatoms. The van der Waals surface area contributed by atoms with Crippen LogP contribution in [-0.2, 0) is 29.1 Å². The van der Waals surface area contributed by atoms with Gasteiger partial charge in [-0.25, -0.2) is 4.39 Å². The molecule has 6 aromatic rings. The van der Waals surface area contributed by atoms with Gasteiger partial charge in [0, 0.05) is 50.3 Å². The molecule has 0 spiro atoms. The summed E-state index contributed by atoms with van der Waals surface area (Å²) in [5, 5.41) is 22.2. The number of hydrogen-bond donors (Lipinski definition) is 2. The molecule has 0 aliphatic rings. The first-order valence-electron chi connectivity index (χ1n) is 15.3. The molecular formula is C38H33Cl4FN2O4. The fraction of sp³-hybridized carbons (Fsp3) is 0.211. The molecule has 0 aliphatic carbocycles.